The third-order valence-corrected chi connectivity index (χ3v) is 3.16. The van der Waals surface area contributed by atoms with Crippen LogP contribution in [0.1, 0.15) is 31.4 Å². The van der Waals surface area contributed by atoms with Gasteiger partial charge in [-0.25, -0.2) is 4.39 Å². The van der Waals surface area contributed by atoms with Crippen molar-refractivity contribution >= 4 is 23.2 Å². The van der Waals surface area contributed by atoms with Crippen molar-refractivity contribution in [3.8, 4) is 0 Å². The lowest BCUT2D eigenvalue weighted by atomic mass is 10.1. The second-order valence-corrected chi connectivity index (χ2v) is 4.71. The van der Waals surface area contributed by atoms with Gasteiger partial charge in [-0.05, 0) is 44.0 Å². The van der Waals surface area contributed by atoms with Crippen LogP contribution in [0.3, 0.4) is 0 Å². The van der Waals surface area contributed by atoms with E-state index in [0.717, 1.165) is 19.4 Å². The highest BCUT2D eigenvalue weighted by Gasteiger charge is 2.12. The average Bonchev–Trinajstić information content (AvgIpc) is 2.29. The highest BCUT2D eigenvalue weighted by molar-refractivity contribution is 6.35. The monoisotopic (exact) mass is 279 g/mol. The Balaban J connectivity index is 2.62. The lowest BCUT2D eigenvalue weighted by molar-refractivity contribution is 0.283. The minimum atomic E-state index is -0.463. The predicted octanol–water partition coefficient (Wildman–Crippen LogP) is 3.56. The van der Waals surface area contributed by atoms with Gasteiger partial charge in [-0.2, -0.15) is 0 Å². The van der Waals surface area contributed by atoms with E-state index in [4.69, 9.17) is 28.3 Å². The van der Waals surface area contributed by atoms with Crippen molar-refractivity contribution in [2.75, 3.05) is 13.2 Å². The van der Waals surface area contributed by atoms with E-state index >= 15 is 0 Å². The normalized spacial score (nSPS) is 12.8. The third-order valence-electron chi connectivity index (χ3n) is 2.54. The summed E-state index contributed by atoms with van der Waals surface area (Å²) in [6.45, 7) is 2.85. The number of hydrogen-bond acceptors (Lipinski definition) is 2. The summed E-state index contributed by atoms with van der Waals surface area (Å²) in [5.41, 5.74) is 0.692. The smallest absolute Gasteiger partial charge is 0.142 e. The molecule has 0 heterocycles. The summed E-state index contributed by atoms with van der Waals surface area (Å²) < 4.78 is 13.3. The van der Waals surface area contributed by atoms with Crippen LogP contribution in [0.25, 0.3) is 0 Å². The zero-order valence-corrected chi connectivity index (χ0v) is 11.2. The van der Waals surface area contributed by atoms with E-state index in [1.54, 1.807) is 0 Å². The van der Waals surface area contributed by atoms with Gasteiger partial charge in [0, 0.05) is 17.7 Å². The second kappa shape index (κ2) is 7.17. The lowest BCUT2D eigenvalue weighted by Gasteiger charge is -2.16. The Bertz CT molecular complexity index is 374. The van der Waals surface area contributed by atoms with Gasteiger partial charge in [0.15, 0.2) is 0 Å². The molecule has 0 aliphatic rings. The fourth-order valence-electron chi connectivity index (χ4n) is 1.54. The number of rotatable bonds is 6. The van der Waals surface area contributed by atoms with Gasteiger partial charge in [-0.1, -0.05) is 23.2 Å². The van der Waals surface area contributed by atoms with Crippen molar-refractivity contribution in [3.63, 3.8) is 0 Å². The summed E-state index contributed by atoms with van der Waals surface area (Å²) in [6.07, 6.45) is 1.62. The molecule has 0 saturated carbocycles. The standard InChI is InChI=1S/C12H16Cl2FNO/c1-8(16-4-2-3-5-17)9-6-12(15)11(14)7-10(9)13/h6-8,16-17H,2-5H2,1H3. The van der Waals surface area contributed by atoms with E-state index in [-0.39, 0.29) is 17.7 Å². The lowest BCUT2D eigenvalue weighted by Crippen LogP contribution is -2.20. The second-order valence-electron chi connectivity index (χ2n) is 3.89. The maximum absolute atomic E-state index is 13.3. The summed E-state index contributed by atoms with van der Waals surface area (Å²) in [6, 6.07) is 2.72. The molecular weight excluding hydrogens is 264 g/mol. The van der Waals surface area contributed by atoms with Gasteiger partial charge < -0.3 is 10.4 Å². The molecule has 0 radical (unpaired) electrons. The summed E-state index contributed by atoms with van der Waals surface area (Å²) in [4.78, 5) is 0. The van der Waals surface area contributed by atoms with Gasteiger partial charge >= 0.3 is 0 Å². The van der Waals surface area contributed by atoms with Crippen LogP contribution in [0, 0.1) is 5.82 Å². The summed E-state index contributed by atoms with van der Waals surface area (Å²) in [5.74, 6) is -0.463. The molecule has 2 N–H and O–H groups in total. The molecule has 2 nitrogen and oxygen atoms in total. The van der Waals surface area contributed by atoms with Crippen molar-refractivity contribution < 1.29 is 9.50 Å². The highest BCUT2D eigenvalue weighted by Crippen LogP contribution is 2.28. The quantitative estimate of drug-likeness (QED) is 0.617. The van der Waals surface area contributed by atoms with Gasteiger partial charge in [-0.3, -0.25) is 0 Å². The van der Waals surface area contributed by atoms with Crippen LogP contribution in [0.4, 0.5) is 4.39 Å². The molecule has 17 heavy (non-hydrogen) atoms. The summed E-state index contributed by atoms with van der Waals surface area (Å²) >= 11 is 11.6. The molecule has 0 fully saturated rings. The zero-order valence-electron chi connectivity index (χ0n) is 9.64. The van der Waals surface area contributed by atoms with Crippen LogP contribution in [0.15, 0.2) is 12.1 Å². The van der Waals surface area contributed by atoms with E-state index in [2.05, 4.69) is 5.32 Å². The van der Waals surface area contributed by atoms with Crippen LogP contribution in [-0.2, 0) is 0 Å². The summed E-state index contributed by atoms with van der Waals surface area (Å²) in [7, 11) is 0. The first-order chi connectivity index (χ1) is 8.06. The summed E-state index contributed by atoms with van der Waals surface area (Å²) in [5, 5.41) is 12.4. The van der Waals surface area contributed by atoms with Gasteiger partial charge in [0.1, 0.15) is 5.82 Å². The van der Waals surface area contributed by atoms with Gasteiger partial charge in [0.2, 0.25) is 0 Å². The fraction of sp³-hybridized carbons (Fsp3) is 0.500. The van der Waals surface area contributed by atoms with Crippen LogP contribution in [-0.4, -0.2) is 18.3 Å². The number of nitrogens with one attached hydrogen (secondary N) is 1. The number of unbranched alkanes of at least 4 members (excludes halogenated alkanes) is 1. The molecule has 0 aromatic heterocycles. The molecule has 96 valence electrons. The zero-order chi connectivity index (χ0) is 12.8. The Kier molecular flexibility index (Phi) is 6.20. The Morgan fingerprint density at radius 3 is 2.65 bits per heavy atom. The first kappa shape index (κ1) is 14.7. The van der Waals surface area contributed by atoms with Crippen molar-refractivity contribution in [1.29, 1.82) is 0 Å². The molecule has 0 amide bonds. The van der Waals surface area contributed by atoms with E-state index in [9.17, 15) is 4.39 Å². The van der Waals surface area contributed by atoms with Gasteiger partial charge in [0.25, 0.3) is 0 Å². The molecule has 0 saturated heterocycles. The number of benzene rings is 1. The molecule has 5 heteroatoms. The molecule has 0 aliphatic carbocycles. The van der Waals surface area contributed by atoms with Crippen molar-refractivity contribution in [2.24, 2.45) is 0 Å². The fourth-order valence-corrected chi connectivity index (χ4v) is 2.08. The number of hydrogen-bond donors (Lipinski definition) is 2. The predicted molar refractivity (Wildman–Crippen MR) is 69.2 cm³/mol. The molecule has 0 aliphatic heterocycles. The third kappa shape index (κ3) is 4.43. The Morgan fingerprint density at radius 2 is 2.00 bits per heavy atom. The first-order valence-electron chi connectivity index (χ1n) is 5.55. The van der Waals surface area contributed by atoms with Crippen LogP contribution < -0.4 is 5.32 Å². The van der Waals surface area contributed by atoms with Gasteiger partial charge in [-0.15, -0.1) is 0 Å². The number of halogens is 3. The molecule has 1 atom stereocenters. The molecule has 1 aromatic carbocycles. The minimum Gasteiger partial charge on any atom is -0.396 e. The maximum atomic E-state index is 13.3. The molecule has 1 rings (SSSR count). The minimum absolute atomic E-state index is 0.0335. The molecule has 0 bridgehead atoms. The molecule has 0 spiro atoms. The largest absolute Gasteiger partial charge is 0.396 e. The van der Waals surface area contributed by atoms with Crippen LogP contribution >= 0.6 is 23.2 Å². The van der Waals surface area contributed by atoms with Crippen LogP contribution in [0.5, 0.6) is 0 Å². The number of aliphatic hydroxyl groups excluding tert-OH is 1. The average molecular weight is 280 g/mol. The van der Waals surface area contributed by atoms with Crippen molar-refractivity contribution in [3.05, 3.63) is 33.6 Å². The van der Waals surface area contributed by atoms with E-state index in [1.165, 1.54) is 12.1 Å². The van der Waals surface area contributed by atoms with Crippen LogP contribution in [0.2, 0.25) is 10.0 Å². The SMILES string of the molecule is CC(NCCCCO)c1cc(F)c(Cl)cc1Cl. The van der Waals surface area contributed by atoms with Gasteiger partial charge in [0.05, 0.1) is 5.02 Å². The van der Waals surface area contributed by atoms with Crippen molar-refractivity contribution in [2.45, 2.75) is 25.8 Å². The Hall–Kier alpha value is -0.350. The molecule has 1 aromatic rings. The highest BCUT2D eigenvalue weighted by atomic mass is 35.5. The van der Waals surface area contributed by atoms with E-state index in [0.29, 0.717) is 10.6 Å². The van der Waals surface area contributed by atoms with Crippen molar-refractivity contribution in [1.82, 2.24) is 5.32 Å². The molecular formula is C12H16Cl2FNO. The Morgan fingerprint density at radius 1 is 1.29 bits per heavy atom. The number of aliphatic hydroxyl groups is 1. The topological polar surface area (TPSA) is 32.3 Å². The van der Waals surface area contributed by atoms with E-state index < -0.39 is 5.82 Å². The van der Waals surface area contributed by atoms with E-state index in [1.807, 2.05) is 6.92 Å². The Labute approximate surface area is 111 Å². The molecule has 1 unspecified atom stereocenters. The first-order valence-corrected chi connectivity index (χ1v) is 6.30. The maximum Gasteiger partial charge on any atom is 0.142 e.